The van der Waals surface area contributed by atoms with Gasteiger partial charge in [-0.05, 0) is 31.2 Å². The first kappa shape index (κ1) is 15.1. The summed E-state index contributed by atoms with van der Waals surface area (Å²) in [4.78, 5) is 20.9. The number of hydrogen-bond donors (Lipinski definition) is 1. The molecule has 1 N–H and O–H groups in total. The molecule has 2 heterocycles. The highest BCUT2D eigenvalue weighted by Gasteiger charge is 2.19. The van der Waals surface area contributed by atoms with Crippen LogP contribution in [0.5, 0.6) is 0 Å². The van der Waals surface area contributed by atoms with Crippen LogP contribution >= 0.6 is 22.7 Å². The van der Waals surface area contributed by atoms with Crippen molar-refractivity contribution >= 4 is 54.1 Å². The highest BCUT2D eigenvalue weighted by molar-refractivity contribution is 7.28. The average Bonchev–Trinajstić information content (AvgIpc) is 3.08. The highest BCUT2D eigenvalue weighted by atomic mass is 32.1. The molecule has 4 aromatic rings. The van der Waals surface area contributed by atoms with E-state index < -0.39 is 23.1 Å². The number of fused-ring (bicyclic) bond motifs is 3. The van der Waals surface area contributed by atoms with Crippen LogP contribution in [0.3, 0.4) is 0 Å². The van der Waals surface area contributed by atoms with Crippen molar-refractivity contribution in [2.24, 2.45) is 0 Å². The van der Waals surface area contributed by atoms with Gasteiger partial charge in [0.1, 0.15) is 17.2 Å². The summed E-state index contributed by atoms with van der Waals surface area (Å²) in [5.41, 5.74) is 0.961. The van der Waals surface area contributed by atoms with E-state index in [9.17, 15) is 13.6 Å². The van der Waals surface area contributed by atoms with Crippen LogP contribution < -0.4 is 5.32 Å². The quantitative estimate of drug-likeness (QED) is 0.561. The largest absolute Gasteiger partial charge is 0.298 e. The lowest BCUT2D eigenvalue weighted by Crippen LogP contribution is -2.15. The van der Waals surface area contributed by atoms with E-state index in [2.05, 4.69) is 15.3 Å². The van der Waals surface area contributed by atoms with Crippen LogP contribution in [-0.4, -0.2) is 15.9 Å². The van der Waals surface area contributed by atoms with Crippen LogP contribution in [0.15, 0.2) is 30.3 Å². The Balaban J connectivity index is 1.75. The van der Waals surface area contributed by atoms with Crippen molar-refractivity contribution in [2.75, 3.05) is 5.32 Å². The van der Waals surface area contributed by atoms with Crippen LogP contribution in [-0.2, 0) is 0 Å². The van der Waals surface area contributed by atoms with Crippen molar-refractivity contribution in [3.05, 3.63) is 52.5 Å². The Labute approximate surface area is 142 Å². The molecule has 0 aliphatic heterocycles. The predicted octanol–water partition coefficient (Wildman–Crippen LogP) is 4.74. The molecular formula is C16H9F2N3OS2. The van der Waals surface area contributed by atoms with Gasteiger partial charge in [-0.25, -0.2) is 18.7 Å². The number of nitrogens with one attached hydrogen (secondary N) is 1. The molecule has 1 amide bonds. The molecule has 120 valence electrons. The molecule has 0 atom stereocenters. The number of carbonyl (C=O) groups excluding carboxylic acids is 1. The van der Waals surface area contributed by atoms with Crippen LogP contribution in [0.4, 0.5) is 13.9 Å². The number of hydrogen-bond acceptors (Lipinski definition) is 5. The highest BCUT2D eigenvalue weighted by Crippen LogP contribution is 2.35. The molecule has 2 aromatic carbocycles. The summed E-state index contributed by atoms with van der Waals surface area (Å²) in [5.74, 6) is -2.68. The minimum atomic E-state index is -0.908. The standard InChI is InChI=1S/C16H9F2N3OS2/c1-7-19-10-5-6-11-14(13(10)23-7)24-16(20-11)21-15(22)12-8(17)3-2-4-9(12)18/h2-6H,1H3,(H,20,21,22). The third-order valence-electron chi connectivity index (χ3n) is 3.43. The molecule has 0 bridgehead atoms. The number of halogens is 2. The van der Waals surface area contributed by atoms with Gasteiger partial charge >= 0.3 is 0 Å². The fourth-order valence-electron chi connectivity index (χ4n) is 2.41. The summed E-state index contributed by atoms with van der Waals surface area (Å²) >= 11 is 2.80. The maximum atomic E-state index is 13.7. The molecule has 24 heavy (non-hydrogen) atoms. The predicted molar refractivity (Wildman–Crippen MR) is 91.8 cm³/mol. The lowest BCUT2D eigenvalue weighted by Gasteiger charge is -2.03. The normalized spacial score (nSPS) is 11.3. The molecule has 0 fully saturated rings. The van der Waals surface area contributed by atoms with E-state index in [1.54, 1.807) is 11.3 Å². The van der Waals surface area contributed by atoms with E-state index in [0.29, 0.717) is 5.52 Å². The topological polar surface area (TPSA) is 54.9 Å². The molecule has 0 radical (unpaired) electrons. The molecule has 0 saturated carbocycles. The Morgan fingerprint density at radius 3 is 2.33 bits per heavy atom. The summed E-state index contributed by atoms with van der Waals surface area (Å²) in [7, 11) is 0. The summed E-state index contributed by atoms with van der Waals surface area (Å²) in [6, 6.07) is 6.97. The number of anilines is 1. The van der Waals surface area contributed by atoms with Crippen LogP contribution in [0, 0.1) is 18.6 Å². The fraction of sp³-hybridized carbons (Fsp3) is 0.0625. The van der Waals surface area contributed by atoms with E-state index in [0.717, 1.165) is 32.1 Å². The van der Waals surface area contributed by atoms with E-state index in [1.807, 2.05) is 19.1 Å². The zero-order valence-corrected chi connectivity index (χ0v) is 13.9. The molecule has 2 aromatic heterocycles. The van der Waals surface area contributed by atoms with Crippen molar-refractivity contribution in [3.63, 3.8) is 0 Å². The Hall–Kier alpha value is -2.45. The van der Waals surface area contributed by atoms with Gasteiger partial charge in [0, 0.05) is 0 Å². The number of amides is 1. The molecule has 0 spiro atoms. The summed E-state index contributed by atoms with van der Waals surface area (Å²) in [6.07, 6.45) is 0. The van der Waals surface area contributed by atoms with Gasteiger partial charge in [-0.15, -0.1) is 11.3 Å². The maximum Gasteiger partial charge on any atom is 0.263 e. The van der Waals surface area contributed by atoms with Gasteiger partial charge in [0.2, 0.25) is 0 Å². The second-order valence-corrected chi connectivity index (χ2v) is 7.27. The van der Waals surface area contributed by atoms with Crippen molar-refractivity contribution in [1.82, 2.24) is 9.97 Å². The summed E-state index contributed by atoms with van der Waals surface area (Å²) in [6.45, 7) is 1.92. The van der Waals surface area contributed by atoms with Gasteiger partial charge in [-0.1, -0.05) is 17.4 Å². The number of rotatable bonds is 2. The van der Waals surface area contributed by atoms with Gasteiger partial charge in [-0.2, -0.15) is 0 Å². The minimum Gasteiger partial charge on any atom is -0.298 e. The number of thiazole rings is 2. The molecule has 0 unspecified atom stereocenters. The molecule has 0 aliphatic carbocycles. The zero-order valence-electron chi connectivity index (χ0n) is 12.3. The van der Waals surface area contributed by atoms with Crippen molar-refractivity contribution < 1.29 is 13.6 Å². The molecule has 0 aliphatic rings. The van der Waals surface area contributed by atoms with E-state index in [4.69, 9.17) is 0 Å². The Morgan fingerprint density at radius 2 is 1.62 bits per heavy atom. The fourth-order valence-corrected chi connectivity index (χ4v) is 4.41. The second-order valence-electron chi connectivity index (χ2n) is 5.06. The van der Waals surface area contributed by atoms with E-state index in [1.165, 1.54) is 17.4 Å². The molecule has 4 rings (SSSR count). The number of carbonyl (C=O) groups is 1. The van der Waals surface area contributed by atoms with Crippen LogP contribution in [0.1, 0.15) is 15.4 Å². The van der Waals surface area contributed by atoms with Gasteiger partial charge < -0.3 is 0 Å². The van der Waals surface area contributed by atoms with Crippen molar-refractivity contribution in [2.45, 2.75) is 6.92 Å². The van der Waals surface area contributed by atoms with Gasteiger partial charge in [-0.3, -0.25) is 10.1 Å². The third-order valence-corrected chi connectivity index (χ3v) is 5.57. The van der Waals surface area contributed by atoms with Crippen LogP contribution in [0.25, 0.3) is 20.4 Å². The first-order valence-corrected chi connectivity index (χ1v) is 8.58. The van der Waals surface area contributed by atoms with Gasteiger partial charge in [0.15, 0.2) is 5.13 Å². The Morgan fingerprint density at radius 1 is 1.00 bits per heavy atom. The Bertz CT molecular complexity index is 1080. The Kier molecular flexibility index (Phi) is 3.50. The summed E-state index contributed by atoms with van der Waals surface area (Å²) in [5, 5.41) is 3.70. The lowest BCUT2D eigenvalue weighted by molar-refractivity contribution is 0.101. The van der Waals surface area contributed by atoms with Crippen molar-refractivity contribution in [1.29, 1.82) is 0 Å². The second kappa shape index (κ2) is 5.57. The maximum absolute atomic E-state index is 13.7. The van der Waals surface area contributed by atoms with Crippen molar-refractivity contribution in [3.8, 4) is 0 Å². The number of benzene rings is 2. The van der Waals surface area contributed by atoms with Gasteiger partial charge in [0.05, 0.1) is 25.4 Å². The summed E-state index contributed by atoms with van der Waals surface area (Å²) < 4.78 is 29.3. The third kappa shape index (κ3) is 2.44. The molecular weight excluding hydrogens is 352 g/mol. The smallest absolute Gasteiger partial charge is 0.263 e. The molecule has 4 nitrogen and oxygen atoms in total. The first-order valence-electron chi connectivity index (χ1n) is 6.95. The number of aryl methyl sites for hydroxylation is 1. The lowest BCUT2D eigenvalue weighted by atomic mass is 10.2. The SMILES string of the molecule is Cc1nc2ccc3nc(NC(=O)c4c(F)cccc4F)sc3c2s1. The van der Waals surface area contributed by atoms with E-state index in [-0.39, 0.29) is 5.13 Å². The van der Waals surface area contributed by atoms with Gasteiger partial charge in [0.25, 0.3) is 5.91 Å². The minimum absolute atomic E-state index is 0.288. The average molecular weight is 361 g/mol. The molecule has 0 saturated heterocycles. The molecule has 8 heteroatoms. The number of aromatic nitrogens is 2. The first-order chi connectivity index (χ1) is 11.5. The van der Waals surface area contributed by atoms with E-state index >= 15 is 0 Å². The monoisotopic (exact) mass is 361 g/mol. The zero-order chi connectivity index (χ0) is 16.8. The number of nitrogens with zero attached hydrogens (tertiary/aromatic N) is 2. The van der Waals surface area contributed by atoms with Crippen LogP contribution in [0.2, 0.25) is 0 Å².